The van der Waals surface area contributed by atoms with Crippen LogP contribution in [0.25, 0.3) is 0 Å². The zero-order valence-electron chi connectivity index (χ0n) is 7.86. The monoisotopic (exact) mass is 184 g/mol. The van der Waals surface area contributed by atoms with Gasteiger partial charge in [0.15, 0.2) is 6.10 Å². The summed E-state index contributed by atoms with van der Waals surface area (Å²) in [6.07, 6.45) is 1.20. The maximum Gasteiger partial charge on any atom is 0.159 e. The second-order valence-corrected chi connectivity index (χ2v) is 3.43. The van der Waals surface area contributed by atoms with Crippen LogP contribution in [0, 0.1) is 11.3 Å². The minimum Gasteiger partial charge on any atom is -0.392 e. The van der Waals surface area contributed by atoms with Gasteiger partial charge in [-0.15, -0.1) is 0 Å². The Morgan fingerprint density at radius 2 is 2.54 bits per heavy atom. The lowest BCUT2D eigenvalue weighted by atomic mass is 10.0. The second-order valence-electron chi connectivity index (χ2n) is 3.43. The molecule has 0 amide bonds. The van der Waals surface area contributed by atoms with Crippen LogP contribution in [0.15, 0.2) is 0 Å². The van der Waals surface area contributed by atoms with Crippen molar-refractivity contribution in [2.24, 2.45) is 0 Å². The van der Waals surface area contributed by atoms with Gasteiger partial charge in [0.2, 0.25) is 0 Å². The van der Waals surface area contributed by atoms with E-state index in [1.165, 1.54) is 0 Å². The molecule has 4 heteroatoms. The molecule has 1 heterocycles. The predicted molar refractivity (Wildman–Crippen MR) is 48.1 cm³/mol. The van der Waals surface area contributed by atoms with Crippen LogP contribution in [0.3, 0.4) is 0 Å². The molecule has 0 bridgehead atoms. The molecule has 2 N–H and O–H groups in total. The number of aliphatic hydroxyl groups is 1. The number of rotatable bonds is 3. The van der Waals surface area contributed by atoms with Gasteiger partial charge in [0.25, 0.3) is 0 Å². The summed E-state index contributed by atoms with van der Waals surface area (Å²) in [5.41, 5.74) is 0. The van der Waals surface area contributed by atoms with Crippen molar-refractivity contribution in [3.63, 3.8) is 0 Å². The van der Waals surface area contributed by atoms with Crippen LogP contribution < -0.4 is 5.32 Å². The van der Waals surface area contributed by atoms with Gasteiger partial charge in [0, 0.05) is 19.2 Å². The fourth-order valence-corrected chi connectivity index (χ4v) is 1.44. The minimum absolute atomic E-state index is 0.0772. The summed E-state index contributed by atoms with van der Waals surface area (Å²) in [5, 5.41) is 20.9. The van der Waals surface area contributed by atoms with Crippen molar-refractivity contribution in [3.8, 4) is 6.07 Å². The summed E-state index contributed by atoms with van der Waals surface area (Å²) in [6.45, 7) is 2.91. The molecule has 4 nitrogen and oxygen atoms in total. The molecule has 0 saturated carbocycles. The molecule has 2 unspecified atom stereocenters. The molecular formula is C9H16N2O2. The molecule has 1 aliphatic heterocycles. The highest BCUT2D eigenvalue weighted by atomic mass is 16.5. The number of ether oxygens (including phenoxy) is 1. The summed E-state index contributed by atoms with van der Waals surface area (Å²) in [6, 6.07) is 2.19. The van der Waals surface area contributed by atoms with Crippen LogP contribution in [-0.2, 0) is 4.74 Å². The fourth-order valence-electron chi connectivity index (χ4n) is 1.44. The van der Waals surface area contributed by atoms with Crippen molar-refractivity contribution in [3.05, 3.63) is 0 Å². The van der Waals surface area contributed by atoms with E-state index in [0.29, 0.717) is 13.2 Å². The Bertz CT molecular complexity index is 189. The summed E-state index contributed by atoms with van der Waals surface area (Å²) >= 11 is 0. The maximum absolute atomic E-state index is 9.06. The number of hydrogen-bond donors (Lipinski definition) is 2. The topological polar surface area (TPSA) is 65.3 Å². The van der Waals surface area contributed by atoms with E-state index in [2.05, 4.69) is 11.4 Å². The number of nitrogens with one attached hydrogen (secondary N) is 1. The third-order valence-corrected chi connectivity index (χ3v) is 2.13. The largest absolute Gasteiger partial charge is 0.392 e. The van der Waals surface area contributed by atoms with E-state index < -0.39 is 0 Å². The highest BCUT2D eigenvalue weighted by Gasteiger charge is 2.25. The quantitative estimate of drug-likeness (QED) is 0.649. The highest BCUT2D eigenvalue weighted by molar-refractivity contribution is 4.96. The van der Waals surface area contributed by atoms with Crippen LogP contribution >= 0.6 is 0 Å². The van der Waals surface area contributed by atoms with Crippen molar-refractivity contribution in [1.29, 1.82) is 5.26 Å². The van der Waals surface area contributed by atoms with E-state index in [1.54, 1.807) is 6.92 Å². The van der Waals surface area contributed by atoms with E-state index in [-0.39, 0.29) is 18.2 Å². The number of aliphatic hydroxyl groups excluding tert-OH is 1. The zero-order valence-corrected chi connectivity index (χ0v) is 7.86. The van der Waals surface area contributed by atoms with Crippen molar-refractivity contribution >= 4 is 0 Å². The lowest BCUT2D eigenvalue weighted by Crippen LogP contribution is -2.46. The Kier molecular flexibility index (Phi) is 4.16. The van der Waals surface area contributed by atoms with Crippen LogP contribution in [0.4, 0.5) is 0 Å². The van der Waals surface area contributed by atoms with Crippen LogP contribution in [-0.4, -0.2) is 36.5 Å². The average molecular weight is 184 g/mol. The van der Waals surface area contributed by atoms with Gasteiger partial charge < -0.3 is 15.2 Å². The lowest BCUT2D eigenvalue weighted by molar-refractivity contribution is 0.0219. The molecule has 0 aromatic heterocycles. The molecule has 13 heavy (non-hydrogen) atoms. The summed E-state index contributed by atoms with van der Waals surface area (Å²) in [7, 11) is 0. The Balaban J connectivity index is 2.33. The number of nitriles is 1. The summed E-state index contributed by atoms with van der Waals surface area (Å²) in [5.74, 6) is 0. The molecule has 1 aliphatic rings. The maximum atomic E-state index is 9.06. The Morgan fingerprint density at radius 1 is 1.77 bits per heavy atom. The molecule has 1 saturated heterocycles. The molecule has 1 fully saturated rings. The zero-order chi connectivity index (χ0) is 9.68. The van der Waals surface area contributed by atoms with E-state index >= 15 is 0 Å². The van der Waals surface area contributed by atoms with E-state index in [4.69, 9.17) is 15.1 Å². The van der Waals surface area contributed by atoms with Crippen molar-refractivity contribution < 1.29 is 9.84 Å². The van der Waals surface area contributed by atoms with Crippen LogP contribution in [0.5, 0.6) is 0 Å². The first-order valence-corrected chi connectivity index (χ1v) is 4.66. The predicted octanol–water partition coefficient (Wildman–Crippen LogP) is 0.0280. The molecule has 0 aromatic carbocycles. The molecule has 3 atom stereocenters. The summed E-state index contributed by atoms with van der Waals surface area (Å²) < 4.78 is 5.27. The SMILES string of the molecule is C[C@@H](O)CNC1CCCOC1C#N. The molecule has 0 radical (unpaired) electrons. The number of nitrogens with zero attached hydrogens (tertiary/aromatic N) is 1. The molecule has 74 valence electrons. The average Bonchev–Trinajstić information content (AvgIpc) is 2.15. The Hall–Kier alpha value is -0.630. The van der Waals surface area contributed by atoms with Crippen LogP contribution in [0.1, 0.15) is 19.8 Å². The third kappa shape index (κ3) is 3.31. The third-order valence-electron chi connectivity index (χ3n) is 2.13. The van der Waals surface area contributed by atoms with Gasteiger partial charge in [0.1, 0.15) is 0 Å². The van der Waals surface area contributed by atoms with Gasteiger partial charge in [-0.2, -0.15) is 5.26 Å². The minimum atomic E-state index is -0.374. The first-order chi connectivity index (χ1) is 6.24. The van der Waals surface area contributed by atoms with Crippen LogP contribution in [0.2, 0.25) is 0 Å². The first kappa shape index (κ1) is 10.5. The fraction of sp³-hybridized carbons (Fsp3) is 0.889. The lowest BCUT2D eigenvalue weighted by Gasteiger charge is -2.28. The van der Waals surface area contributed by atoms with Crippen molar-refractivity contribution in [2.75, 3.05) is 13.2 Å². The molecule has 1 rings (SSSR count). The van der Waals surface area contributed by atoms with Crippen molar-refractivity contribution in [1.82, 2.24) is 5.32 Å². The molecule has 0 aromatic rings. The van der Waals surface area contributed by atoms with Gasteiger partial charge in [-0.25, -0.2) is 0 Å². The Morgan fingerprint density at radius 3 is 3.15 bits per heavy atom. The highest BCUT2D eigenvalue weighted by Crippen LogP contribution is 2.12. The molecule has 0 spiro atoms. The number of hydrogen-bond acceptors (Lipinski definition) is 4. The van der Waals surface area contributed by atoms with Gasteiger partial charge in [-0.3, -0.25) is 0 Å². The molecular weight excluding hydrogens is 168 g/mol. The standard InChI is InChI=1S/C9H16N2O2/c1-7(12)6-11-8-3-2-4-13-9(8)5-10/h7-9,11-12H,2-4,6H2,1H3/t7-,8?,9?/m1/s1. The smallest absolute Gasteiger partial charge is 0.159 e. The second kappa shape index (κ2) is 5.18. The van der Waals surface area contributed by atoms with Crippen molar-refractivity contribution in [2.45, 2.75) is 38.0 Å². The van der Waals surface area contributed by atoms with Gasteiger partial charge in [0.05, 0.1) is 12.2 Å². The molecule has 0 aliphatic carbocycles. The first-order valence-electron chi connectivity index (χ1n) is 4.66. The van der Waals surface area contributed by atoms with Gasteiger partial charge in [-0.05, 0) is 19.8 Å². The normalized spacial score (nSPS) is 30.8. The van der Waals surface area contributed by atoms with E-state index in [0.717, 1.165) is 12.8 Å². The van der Waals surface area contributed by atoms with E-state index in [9.17, 15) is 0 Å². The summed E-state index contributed by atoms with van der Waals surface area (Å²) in [4.78, 5) is 0. The van der Waals surface area contributed by atoms with Gasteiger partial charge in [-0.1, -0.05) is 0 Å². The van der Waals surface area contributed by atoms with Gasteiger partial charge >= 0.3 is 0 Å². The van der Waals surface area contributed by atoms with E-state index in [1.807, 2.05) is 0 Å². The Labute approximate surface area is 78.5 Å².